The molecule has 4 N–H and O–H groups in total. The van der Waals surface area contributed by atoms with E-state index in [-0.39, 0.29) is 38.9 Å². The predicted octanol–water partition coefficient (Wildman–Crippen LogP) is 11.3. The predicted molar refractivity (Wildman–Crippen MR) is 220 cm³/mol. The van der Waals surface area contributed by atoms with Crippen LogP contribution in [0.2, 0.25) is 0 Å². The van der Waals surface area contributed by atoms with Crippen molar-refractivity contribution in [3.63, 3.8) is 0 Å². The Hall–Kier alpha value is -2.26. The molecule has 0 aromatic rings. The summed E-state index contributed by atoms with van der Waals surface area (Å²) in [5, 5.41) is 9.89. The van der Waals surface area contributed by atoms with Gasteiger partial charge in [0.1, 0.15) is 6.61 Å². The number of carbonyl (C=O) groups excluding carboxylic acids is 1. The zero-order chi connectivity index (χ0) is 38.9. The van der Waals surface area contributed by atoms with E-state index in [4.69, 9.17) is 24.3 Å². The normalized spacial score (nSPS) is 14.8. The van der Waals surface area contributed by atoms with E-state index in [9.17, 15) is 19.4 Å². The van der Waals surface area contributed by atoms with E-state index < -0.39 is 19.9 Å². The number of phosphoric acid groups is 1. The first-order valence-electron chi connectivity index (χ1n) is 20.6. The van der Waals surface area contributed by atoms with E-state index >= 15 is 0 Å². The number of hydrogen-bond donors (Lipinski definition) is 3. The summed E-state index contributed by atoms with van der Waals surface area (Å²) >= 11 is 0. The third-order valence-electron chi connectivity index (χ3n) is 8.26. The van der Waals surface area contributed by atoms with Crippen LogP contribution in [-0.2, 0) is 27.9 Å². The van der Waals surface area contributed by atoms with Crippen LogP contribution >= 0.6 is 7.82 Å². The number of rotatable bonds is 38. The molecule has 0 bridgehead atoms. The van der Waals surface area contributed by atoms with E-state index in [1.165, 1.54) is 70.6 Å². The minimum absolute atomic E-state index is 0.00890. The van der Waals surface area contributed by atoms with Gasteiger partial charge >= 0.3 is 13.8 Å². The molecule has 0 aliphatic heterocycles. The maximum absolute atomic E-state index is 12.5. The van der Waals surface area contributed by atoms with Crippen molar-refractivity contribution in [3.8, 4) is 0 Å². The molecule has 0 heterocycles. The van der Waals surface area contributed by atoms with E-state index in [0.29, 0.717) is 6.42 Å². The van der Waals surface area contributed by atoms with Crippen LogP contribution in [0.5, 0.6) is 0 Å². The molecule has 9 nitrogen and oxygen atoms in total. The Morgan fingerprint density at radius 2 is 1.25 bits per heavy atom. The number of esters is 1. The molecule has 0 aliphatic carbocycles. The van der Waals surface area contributed by atoms with Crippen LogP contribution in [0.1, 0.15) is 155 Å². The first kappa shape index (κ1) is 50.7. The number of nitrogens with two attached hydrogens (primary N) is 1. The third kappa shape index (κ3) is 39.3. The van der Waals surface area contributed by atoms with E-state index in [0.717, 1.165) is 57.8 Å². The molecule has 0 fully saturated rings. The average Bonchev–Trinajstić information content (AvgIpc) is 3.14. The van der Waals surface area contributed by atoms with Gasteiger partial charge in [-0.2, -0.15) is 0 Å². The lowest BCUT2D eigenvalue weighted by Crippen LogP contribution is -2.27. The average molecular weight is 766 g/mol. The van der Waals surface area contributed by atoms with Crippen LogP contribution in [0.25, 0.3) is 0 Å². The lowest BCUT2D eigenvalue weighted by Gasteiger charge is -2.19. The lowest BCUT2D eigenvalue weighted by molar-refractivity contribution is -0.153. The zero-order valence-corrected chi connectivity index (χ0v) is 34.2. The summed E-state index contributed by atoms with van der Waals surface area (Å²) in [5.41, 5.74) is 5.35. The maximum atomic E-state index is 12.5. The fourth-order valence-electron chi connectivity index (χ4n) is 5.18. The topological polar surface area (TPSA) is 138 Å². The van der Waals surface area contributed by atoms with Crippen molar-refractivity contribution in [2.45, 2.75) is 167 Å². The molecule has 0 spiro atoms. The van der Waals surface area contributed by atoms with Gasteiger partial charge in [0.25, 0.3) is 0 Å². The molecule has 53 heavy (non-hydrogen) atoms. The summed E-state index contributed by atoms with van der Waals surface area (Å²) in [6.07, 6.45) is 46.2. The first-order chi connectivity index (χ1) is 25.8. The number of unbranched alkanes of at least 4 members (excludes halogenated alkanes) is 14. The highest BCUT2D eigenvalue weighted by Gasteiger charge is 2.25. The van der Waals surface area contributed by atoms with Gasteiger partial charge in [0, 0.05) is 13.0 Å². The van der Waals surface area contributed by atoms with Gasteiger partial charge in [-0.15, -0.1) is 0 Å². The van der Waals surface area contributed by atoms with Crippen LogP contribution in [0.3, 0.4) is 0 Å². The van der Waals surface area contributed by atoms with Gasteiger partial charge in [-0.1, -0.05) is 139 Å². The highest BCUT2D eigenvalue weighted by molar-refractivity contribution is 7.47. The van der Waals surface area contributed by atoms with Crippen LogP contribution < -0.4 is 5.73 Å². The van der Waals surface area contributed by atoms with Gasteiger partial charge in [-0.25, -0.2) is 4.57 Å². The third-order valence-corrected chi connectivity index (χ3v) is 9.25. The summed E-state index contributed by atoms with van der Waals surface area (Å²) < 4.78 is 33.0. The van der Waals surface area contributed by atoms with E-state index in [1.54, 1.807) is 6.26 Å². The van der Waals surface area contributed by atoms with Crippen molar-refractivity contribution in [2.75, 3.05) is 26.4 Å². The fraction of sp³-hybridized carbons (Fsp3) is 0.698. The standard InChI is InChI=1S/C43H76NO8P/c1-3-5-7-8-9-10-11-12-13-14-15-19-22-25-28-32-37-49-39-42(40-51-53(47,48)50-38-36-44)52-43(46)35-31-27-24-21-18-16-17-20-23-26-30-34-41(45)33-29-6-4-2/h10-11,16-17,21,23-24,26,30,32,34,37,41-42,45H,3-9,12-15,18-20,22,25,27-29,31,33,35-36,38-40,44H2,1-2H3,(H,47,48)/b11-10-,17-16-,24-21-,26-23-,34-30+,37-32+/t41-,42+/m0/s1. The van der Waals surface area contributed by atoms with Crippen molar-refractivity contribution in [2.24, 2.45) is 5.73 Å². The molecular formula is C43H76NO8P. The zero-order valence-electron chi connectivity index (χ0n) is 33.3. The highest BCUT2D eigenvalue weighted by atomic mass is 31.2. The highest BCUT2D eigenvalue weighted by Crippen LogP contribution is 2.43. The molecule has 0 saturated heterocycles. The summed E-state index contributed by atoms with van der Waals surface area (Å²) in [4.78, 5) is 22.4. The Balaban J connectivity index is 4.29. The van der Waals surface area contributed by atoms with Crippen molar-refractivity contribution in [3.05, 3.63) is 73.1 Å². The SMILES string of the molecule is CCCCCC/C=C\CCCCCCCC/C=C/OC[C@H](COP(=O)(O)OCCN)OC(=O)CCC/C=C\C/C=C\C/C=C\C=C\[C@@H](O)CCCCC. The molecule has 0 amide bonds. The van der Waals surface area contributed by atoms with Crippen molar-refractivity contribution < 1.29 is 37.9 Å². The van der Waals surface area contributed by atoms with Gasteiger partial charge in [0.05, 0.1) is 25.6 Å². The summed E-state index contributed by atoms with van der Waals surface area (Å²) in [7, 11) is -4.32. The molecule has 10 heteroatoms. The summed E-state index contributed by atoms with van der Waals surface area (Å²) in [5.74, 6) is -0.428. The Morgan fingerprint density at radius 3 is 1.92 bits per heavy atom. The summed E-state index contributed by atoms with van der Waals surface area (Å²) in [6, 6.07) is 0. The number of hydrogen-bond acceptors (Lipinski definition) is 8. The Kier molecular flexibility index (Phi) is 37.8. The monoisotopic (exact) mass is 766 g/mol. The molecule has 0 saturated carbocycles. The van der Waals surface area contributed by atoms with E-state index in [1.807, 2.05) is 36.5 Å². The smallest absolute Gasteiger partial charge is 0.472 e. The van der Waals surface area contributed by atoms with Gasteiger partial charge in [0.15, 0.2) is 6.10 Å². The Morgan fingerprint density at radius 1 is 0.679 bits per heavy atom. The van der Waals surface area contributed by atoms with Gasteiger partial charge in [0.2, 0.25) is 0 Å². The maximum Gasteiger partial charge on any atom is 0.472 e. The first-order valence-corrected chi connectivity index (χ1v) is 22.1. The van der Waals surface area contributed by atoms with Gasteiger partial charge in [-0.3, -0.25) is 13.8 Å². The minimum Gasteiger partial charge on any atom is -0.498 e. The Labute approximate surface area is 323 Å². The number of allylic oxidation sites excluding steroid dienone is 10. The molecule has 0 aliphatic rings. The van der Waals surface area contributed by atoms with Crippen LogP contribution in [0.15, 0.2) is 73.1 Å². The number of ether oxygens (including phenoxy) is 2. The van der Waals surface area contributed by atoms with Gasteiger partial charge < -0.3 is 25.2 Å². The van der Waals surface area contributed by atoms with Crippen LogP contribution in [0, 0.1) is 0 Å². The molecule has 0 rings (SSSR count). The van der Waals surface area contributed by atoms with Crippen LogP contribution in [0.4, 0.5) is 0 Å². The molecule has 1 unspecified atom stereocenters. The lowest BCUT2D eigenvalue weighted by atomic mass is 10.1. The van der Waals surface area contributed by atoms with Gasteiger partial charge in [-0.05, 0) is 76.7 Å². The number of phosphoric ester groups is 1. The molecule has 0 radical (unpaired) electrons. The molecule has 306 valence electrons. The second-order valence-electron chi connectivity index (χ2n) is 13.4. The number of aliphatic hydroxyl groups excluding tert-OH is 1. The minimum atomic E-state index is -4.32. The second-order valence-corrected chi connectivity index (χ2v) is 14.9. The fourth-order valence-corrected chi connectivity index (χ4v) is 5.94. The summed E-state index contributed by atoms with van der Waals surface area (Å²) in [6.45, 7) is 4.00. The van der Waals surface area contributed by atoms with Crippen LogP contribution in [-0.4, -0.2) is 54.5 Å². The van der Waals surface area contributed by atoms with Crippen molar-refractivity contribution in [1.29, 1.82) is 0 Å². The molecule has 0 aromatic heterocycles. The number of carbonyl (C=O) groups is 1. The van der Waals surface area contributed by atoms with Crippen molar-refractivity contribution in [1.82, 2.24) is 0 Å². The molecule has 0 aromatic carbocycles. The molecule has 3 atom stereocenters. The second kappa shape index (κ2) is 39.4. The largest absolute Gasteiger partial charge is 0.498 e. The number of aliphatic hydroxyl groups is 1. The molecular weight excluding hydrogens is 689 g/mol. The van der Waals surface area contributed by atoms with Crippen molar-refractivity contribution >= 4 is 13.8 Å². The van der Waals surface area contributed by atoms with E-state index in [2.05, 4.69) is 44.2 Å². The Bertz CT molecular complexity index is 1050. The quantitative estimate of drug-likeness (QED) is 0.0140.